The molecule has 1 N–H and O–H groups in total. The quantitative estimate of drug-likeness (QED) is 0.839. The molecule has 5 heteroatoms. The molecule has 0 radical (unpaired) electrons. The lowest BCUT2D eigenvalue weighted by Crippen LogP contribution is -2.11. The molecule has 18 heavy (non-hydrogen) atoms. The van der Waals surface area contributed by atoms with Gasteiger partial charge in [0.25, 0.3) is 0 Å². The van der Waals surface area contributed by atoms with E-state index in [1.807, 2.05) is 25.2 Å². The first-order valence-electron chi connectivity index (χ1n) is 6.05. The number of aryl methyl sites for hydroxylation is 1. The summed E-state index contributed by atoms with van der Waals surface area (Å²) in [7, 11) is 1.85. The first-order chi connectivity index (χ1) is 8.79. The zero-order valence-corrected chi connectivity index (χ0v) is 10.8. The molecule has 1 aromatic heterocycles. The highest BCUT2D eigenvalue weighted by molar-refractivity contribution is 5.28. The lowest BCUT2D eigenvalue weighted by molar-refractivity contribution is 0.289. The Morgan fingerprint density at radius 3 is 3.00 bits per heavy atom. The molecule has 0 saturated heterocycles. The summed E-state index contributed by atoms with van der Waals surface area (Å²) in [6.07, 6.45) is 1.53. The van der Waals surface area contributed by atoms with Crippen molar-refractivity contribution in [2.45, 2.75) is 20.1 Å². The van der Waals surface area contributed by atoms with Crippen molar-refractivity contribution in [1.29, 1.82) is 0 Å². The van der Waals surface area contributed by atoms with Gasteiger partial charge in [0.15, 0.2) is 5.82 Å². The average Bonchev–Trinajstić information content (AvgIpc) is 2.80. The zero-order valence-electron chi connectivity index (χ0n) is 10.8. The molecule has 0 fully saturated rings. The topological polar surface area (TPSA) is 52.0 Å². The van der Waals surface area contributed by atoms with Gasteiger partial charge in [0, 0.05) is 13.6 Å². The van der Waals surface area contributed by atoms with Gasteiger partial charge < -0.3 is 10.1 Å². The van der Waals surface area contributed by atoms with E-state index in [9.17, 15) is 0 Å². The second-order valence-corrected chi connectivity index (χ2v) is 4.02. The van der Waals surface area contributed by atoms with Crippen LogP contribution < -0.4 is 10.1 Å². The SMILES string of the molecule is CCNCc1cccc(OCc2ncnn2C)c1. The third kappa shape index (κ3) is 3.30. The van der Waals surface area contributed by atoms with E-state index >= 15 is 0 Å². The van der Waals surface area contributed by atoms with Crippen LogP contribution >= 0.6 is 0 Å². The molecule has 0 amide bonds. The predicted octanol–water partition coefficient (Wildman–Crippen LogP) is 1.50. The normalized spacial score (nSPS) is 10.6. The van der Waals surface area contributed by atoms with Crippen molar-refractivity contribution in [3.63, 3.8) is 0 Å². The highest BCUT2D eigenvalue weighted by Crippen LogP contribution is 2.14. The van der Waals surface area contributed by atoms with E-state index in [1.165, 1.54) is 11.9 Å². The van der Waals surface area contributed by atoms with Crippen molar-refractivity contribution in [2.75, 3.05) is 6.54 Å². The van der Waals surface area contributed by atoms with Gasteiger partial charge in [0.2, 0.25) is 0 Å². The maximum atomic E-state index is 5.70. The Hall–Kier alpha value is -1.88. The minimum absolute atomic E-state index is 0.432. The zero-order chi connectivity index (χ0) is 12.8. The van der Waals surface area contributed by atoms with E-state index in [1.54, 1.807) is 4.68 Å². The number of rotatable bonds is 6. The molecule has 0 bridgehead atoms. The summed E-state index contributed by atoms with van der Waals surface area (Å²) in [5.41, 5.74) is 1.22. The van der Waals surface area contributed by atoms with Crippen LogP contribution in [0.15, 0.2) is 30.6 Å². The monoisotopic (exact) mass is 246 g/mol. The van der Waals surface area contributed by atoms with Gasteiger partial charge >= 0.3 is 0 Å². The molecule has 2 rings (SSSR count). The van der Waals surface area contributed by atoms with E-state index in [-0.39, 0.29) is 0 Å². The summed E-state index contributed by atoms with van der Waals surface area (Å²) in [5.74, 6) is 1.67. The van der Waals surface area contributed by atoms with E-state index < -0.39 is 0 Å². The molecule has 0 unspecified atom stereocenters. The summed E-state index contributed by atoms with van der Waals surface area (Å²) in [5, 5.41) is 7.29. The van der Waals surface area contributed by atoms with Gasteiger partial charge in [-0.2, -0.15) is 5.10 Å². The van der Waals surface area contributed by atoms with Crippen molar-refractivity contribution < 1.29 is 4.74 Å². The van der Waals surface area contributed by atoms with Crippen LogP contribution in [0, 0.1) is 0 Å². The largest absolute Gasteiger partial charge is 0.486 e. The molecule has 0 spiro atoms. The van der Waals surface area contributed by atoms with Crippen molar-refractivity contribution >= 4 is 0 Å². The van der Waals surface area contributed by atoms with Crippen LogP contribution in [-0.2, 0) is 20.2 Å². The first-order valence-corrected chi connectivity index (χ1v) is 6.05. The Kier molecular flexibility index (Phi) is 4.30. The Labute approximate surface area is 107 Å². The van der Waals surface area contributed by atoms with Gasteiger partial charge in [0.05, 0.1) is 0 Å². The lowest BCUT2D eigenvalue weighted by atomic mass is 10.2. The molecule has 0 aliphatic carbocycles. The van der Waals surface area contributed by atoms with E-state index in [2.05, 4.69) is 28.4 Å². The van der Waals surface area contributed by atoms with Crippen molar-refractivity contribution in [1.82, 2.24) is 20.1 Å². The number of hydrogen-bond acceptors (Lipinski definition) is 4. The van der Waals surface area contributed by atoms with Crippen LogP contribution in [0.25, 0.3) is 0 Å². The van der Waals surface area contributed by atoms with Crippen LogP contribution in [-0.4, -0.2) is 21.3 Å². The molecule has 1 aromatic carbocycles. The average molecular weight is 246 g/mol. The lowest BCUT2D eigenvalue weighted by Gasteiger charge is -2.08. The van der Waals surface area contributed by atoms with E-state index in [0.717, 1.165) is 24.7 Å². The number of aromatic nitrogens is 3. The van der Waals surface area contributed by atoms with E-state index in [0.29, 0.717) is 6.61 Å². The third-order valence-corrected chi connectivity index (χ3v) is 2.65. The maximum absolute atomic E-state index is 5.70. The van der Waals surface area contributed by atoms with Crippen LogP contribution in [0.2, 0.25) is 0 Å². The molecule has 0 saturated carbocycles. The summed E-state index contributed by atoms with van der Waals surface area (Å²) >= 11 is 0. The van der Waals surface area contributed by atoms with Crippen molar-refractivity contribution in [3.05, 3.63) is 42.0 Å². The number of ether oxygens (including phenoxy) is 1. The fourth-order valence-electron chi connectivity index (χ4n) is 1.61. The van der Waals surface area contributed by atoms with Gasteiger partial charge in [0.1, 0.15) is 18.7 Å². The Bertz CT molecular complexity index is 495. The molecule has 1 heterocycles. The van der Waals surface area contributed by atoms with Crippen LogP contribution in [0.3, 0.4) is 0 Å². The van der Waals surface area contributed by atoms with E-state index in [4.69, 9.17) is 4.74 Å². The number of nitrogens with one attached hydrogen (secondary N) is 1. The van der Waals surface area contributed by atoms with Gasteiger partial charge in [-0.05, 0) is 24.2 Å². The van der Waals surface area contributed by atoms with Gasteiger partial charge in [-0.25, -0.2) is 4.98 Å². The van der Waals surface area contributed by atoms with Gasteiger partial charge in [-0.3, -0.25) is 4.68 Å². The van der Waals surface area contributed by atoms with Crippen molar-refractivity contribution in [2.24, 2.45) is 7.05 Å². The smallest absolute Gasteiger partial charge is 0.164 e. The number of benzene rings is 1. The molecular weight excluding hydrogens is 228 g/mol. The molecular formula is C13H18N4O. The predicted molar refractivity (Wildman–Crippen MR) is 69.2 cm³/mol. The first kappa shape index (κ1) is 12.6. The fraction of sp³-hybridized carbons (Fsp3) is 0.385. The Morgan fingerprint density at radius 2 is 2.28 bits per heavy atom. The number of hydrogen-bond donors (Lipinski definition) is 1. The number of nitrogens with zero attached hydrogens (tertiary/aromatic N) is 3. The molecule has 5 nitrogen and oxygen atoms in total. The fourth-order valence-corrected chi connectivity index (χ4v) is 1.61. The summed E-state index contributed by atoms with van der Waals surface area (Å²) < 4.78 is 7.41. The van der Waals surface area contributed by atoms with Gasteiger partial charge in [-0.15, -0.1) is 0 Å². The highest BCUT2D eigenvalue weighted by atomic mass is 16.5. The second-order valence-electron chi connectivity index (χ2n) is 4.02. The molecule has 0 atom stereocenters. The second kappa shape index (κ2) is 6.16. The van der Waals surface area contributed by atoms with Crippen LogP contribution in [0.1, 0.15) is 18.3 Å². The summed E-state index contributed by atoms with van der Waals surface area (Å²) in [6.45, 7) is 4.34. The Morgan fingerprint density at radius 1 is 1.39 bits per heavy atom. The standard InChI is InChI=1S/C13H18N4O/c1-3-14-8-11-5-4-6-12(7-11)18-9-13-15-10-16-17(13)2/h4-7,10,14H,3,8-9H2,1-2H3. The molecule has 96 valence electrons. The van der Waals surface area contributed by atoms with Crippen LogP contribution in [0.5, 0.6) is 5.75 Å². The summed E-state index contributed by atoms with van der Waals surface area (Å²) in [4.78, 5) is 4.12. The third-order valence-electron chi connectivity index (χ3n) is 2.65. The minimum Gasteiger partial charge on any atom is -0.486 e. The highest BCUT2D eigenvalue weighted by Gasteiger charge is 2.02. The molecule has 0 aliphatic heterocycles. The van der Waals surface area contributed by atoms with Crippen molar-refractivity contribution in [3.8, 4) is 5.75 Å². The Balaban J connectivity index is 1.95. The van der Waals surface area contributed by atoms with Gasteiger partial charge in [-0.1, -0.05) is 19.1 Å². The maximum Gasteiger partial charge on any atom is 0.164 e. The minimum atomic E-state index is 0.432. The van der Waals surface area contributed by atoms with Crippen LogP contribution in [0.4, 0.5) is 0 Å². The molecule has 0 aliphatic rings. The summed E-state index contributed by atoms with van der Waals surface area (Å²) in [6, 6.07) is 8.07. The molecule has 2 aromatic rings.